The number of rotatable bonds is 4. The average molecular weight is 350 g/mol. The van der Waals surface area contributed by atoms with Gasteiger partial charge in [0.1, 0.15) is 17.5 Å². The first-order valence-corrected chi connectivity index (χ1v) is 8.93. The maximum absolute atomic E-state index is 12.7. The minimum absolute atomic E-state index is 0.0722. The van der Waals surface area contributed by atoms with Gasteiger partial charge in [-0.3, -0.25) is 9.78 Å². The van der Waals surface area contributed by atoms with Crippen LogP contribution in [-0.4, -0.2) is 32.4 Å². The molecule has 1 aliphatic carbocycles. The van der Waals surface area contributed by atoms with Crippen LogP contribution in [0.4, 0.5) is 0 Å². The molecular formula is C20H22N4O2. The number of amides is 1. The third-order valence-corrected chi connectivity index (χ3v) is 4.84. The Labute approximate surface area is 152 Å². The zero-order chi connectivity index (χ0) is 18.1. The molecule has 0 saturated heterocycles. The molecule has 1 saturated carbocycles. The summed E-state index contributed by atoms with van der Waals surface area (Å²) in [6.07, 6.45) is 8.09. The lowest BCUT2D eigenvalue weighted by Crippen LogP contribution is -2.33. The molecule has 0 radical (unpaired) electrons. The van der Waals surface area contributed by atoms with Crippen LogP contribution in [-0.2, 0) is 0 Å². The van der Waals surface area contributed by atoms with E-state index in [-0.39, 0.29) is 18.1 Å². The van der Waals surface area contributed by atoms with E-state index in [9.17, 15) is 4.79 Å². The quantitative estimate of drug-likeness (QED) is 0.785. The standard InChI is InChI=1S/C20H22N4O2/c1-13-10-14(2)24-9-7-18(19(24)22-13)20(25)23-15-5-6-16(11-15)26-17-4-3-8-21-12-17/h3-4,7-10,12,15-16H,5-6,11H2,1-2H3,(H,23,25). The van der Waals surface area contributed by atoms with Crippen molar-refractivity contribution in [3.05, 3.63) is 59.8 Å². The van der Waals surface area contributed by atoms with E-state index in [1.165, 1.54) is 0 Å². The molecule has 2 unspecified atom stereocenters. The molecule has 0 spiro atoms. The molecule has 1 aliphatic rings. The number of hydrogen-bond acceptors (Lipinski definition) is 4. The lowest BCUT2D eigenvalue weighted by molar-refractivity contribution is 0.0936. The summed E-state index contributed by atoms with van der Waals surface area (Å²) in [6, 6.07) is 7.72. The van der Waals surface area contributed by atoms with Crippen LogP contribution in [0.1, 0.15) is 41.0 Å². The largest absolute Gasteiger partial charge is 0.489 e. The molecule has 4 rings (SSSR count). The summed E-state index contributed by atoms with van der Waals surface area (Å²) in [5.41, 5.74) is 3.31. The van der Waals surface area contributed by atoms with E-state index < -0.39 is 0 Å². The predicted octanol–water partition coefficient (Wildman–Crippen LogP) is 3.08. The highest BCUT2D eigenvalue weighted by Crippen LogP contribution is 2.25. The molecule has 3 aromatic heterocycles. The van der Waals surface area contributed by atoms with Gasteiger partial charge in [-0.1, -0.05) is 0 Å². The van der Waals surface area contributed by atoms with Crippen molar-refractivity contribution >= 4 is 11.6 Å². The summed E-state index contributed by atoms with van der Waals surface area (Å²) in [6.45, 7) is 3.96. The number of hydrogen-bond donors (Lipinski definition) is 1. The van der Waals surface area contributed by atoms with Gasteiger partial charge in [-0.15, -0.1) is 0 Å². The van der Waals surface area contributed by atoms with Crippen LogP contribution in [0.2, 0.25) is 0 Å². The van der Waals surface area contributed by atoms with Crippen LogP contribution in [0.25, 0.3) is 5.65 Å². The predicted molar refractivity (Wildman–Crippen MR) is 98.4 cm³/mol. The van der Waals surface area contributed by atoms with Gasteiger partial charge in [0.05, 0.1) is 11.8 Å². The fourth-order valence-corrected chi connectivity index (χ4v) is 3.62. The molecule has 0 aliphatic heterocycles. The number of carbonyl (C=O) groups excluding carboxylic acids is 1. The SMILES string of the molecule is Cc1cc(C)n2ccc(C(=O)NC3CCC(Oc4cccnc4)C3)c2n1. The Balaban J connectivity index is 1.43. The maximum atomic E-state index is 12.7. The Hall–Kier alpha value is -2.89. The van der Waals surface area contributed by atoms with Crippen LogP contribution in [0.3, 0.4) is 0 Å². The van der Waals surface area contributed by atoms with Crippen molar-refractivity contribution in [1.82, 2.24) is 19.7 Å². The normalized spacial score (nSPS) is 19.6. The molecule has 1 amide bonds. The second-order valence-electron chi connectivity index (χ2n) is 6.87. The van der Waals surface area contributed by atoms with Gasteiger partial charge in [0, 0.05) is 36.2 Å². The Morgan fingerprint density at radius 3 is 3.00 bits per heavy atom. The van der Waals surface area contributed by atoms with E-state index in [0.29, 0.717) is 11.2 Å². The molecular weight excluding hydrogens is 328 g/mol. The molecule has 0 aromatic carbocycles. The summed E-state index contributed by atoms with van der Waals surface area (Å²) in [5, 5.41) is 3.14. The van der Waals surface area contributed by atoms with E-state index in [1.54, 1.807) is 12.4 Å². The number of fused-ring (bicyclic) bond motifs is 1. The van der Waals surface area contributed by atoms with Crippen molar-refractivity contribution in [2.75, 3.05) is 0 Å². The van der Waals surface area contributed by atoms with Gasteiger partial charge in [-0.25, -0.2) is 4.98 Å². The fourth-order valence-electron chi connectivity index (χ4n) is 3.62. The molecule has 134 valence electrons. The fraction of sp³-hybridized carbons (Fsp3) is 0.350. The third kappa shape index (κ3) is 3.27. The number of aromatic nitrogens is 3. The molecule has 0 bridgehead atoms. The third-order valence-electron chi connectivity index (χ3n) is 4.84. The summed E-state index contributed by atoms with van der Waals surface area (Å²) in [7, 11) is 0. The highest BCUT2D eigenvalue weighted by molar-refractivity contribution is 6.00. The Kier molecular flexibility index (Phi) is 4.32. The molecule has 26 heavy (non-hydrogen) atoms. The number of carbonyl (C=O) groups is 1. The Bertz CT molecular complexity index is 936. The number of aryl methyl sites for hydroxylation is 2. The first-order valence-electron chi connectivity index (χ1n) is 8.93. The number of nitrogens with one attached hydrogen (secondary N) is 1. The van der Waals surface area contributed by atoms with Crippen molar-refractivity contribution < 1.29 is 9.53 Å². The van der Waals surface area contributed by atoms with Crippen molar-refractivity contribution in [2.24, 2.45) is 0 Å². The monoisotopic (exact) mass is 350 g/mol. The van der Waals surface area contributed by atoms with Gasteiger partial charge in [0.15, 0.2) is 0 Å². The van der Waals surface area contributed by atoms with Crippen LogP contribution >= 0.6 is 0 Å². The lowest BCUT2D eigenvalue weighted by atomic mass is 10.2. The van der Waals surface area contributed by atoms with Crippen LogP contribution in [0.15, 0.2) is 42.9 Å². The lowest BCUT2D eigenvalue weighted by Gasteiger charge is -2.15. The summed E-state index contributed by atoms with van der Waals surface area (Å²) >= 11 is 0. The van der Waals surface area contributed by atoms with Crippen LogP contribution in [0.5, 0.6) is 5.75 Å². The molecule has 2 atom stereocenters. The molecule has 1 fully saturated rings. The van der Waals surface area contributed by atoms with Crippen molar-refractivity contribution in [3.63, 3.8) is 0 Å². The van der Waals surface area contributed by atoms with Gasteiger partial charge in [-0.05, 0) is 51.0 Å². The highest BCUT2D eigenvalue weighted by atomic mass is 16.5. The van der Waals surface area contributed by atoms with Gasteiger partial charge in [0.2, 0.25) is 0 Å². The smallest absolute Gasteiger partial charge is 0.255 e. The zero-order valence-corrected chi connectivity index (χ0v) is 15.0. The van der Waals surface area contributed by atoms with Gasteiger partial charge in [-0.2, -0.15) is 0 Å². The first kappa shape index (κ1) is 16.6. The topological polar surface area (TPSA) is 68.5 Å². The Morgan fingerprint density at radius 1 is 1.31 bits per heavy atom. The van der Waals surface area contributed by atoms with Crippen LogP contribution < -0.4 is 10.1 Å². The van der Waals surface area contributed by atoms with Crippen molar-refractivity contribution in [2.45, 2.75) is 45.3 Å². The van der Waals surface area contributed by atoms with E-state index in [2.05, 4.69) is 15.3 Å². The van der Waals surface area contributed by atoms with Crippen LogP contribution in [0, 0.1) is 13.8 Å². The zero-order valence-electron chi connectivity index (χ0n) is 15.0. The number of nitrogens with zero attached hydrogens (tertiary/aromatic N) is 3. The van der Waals surface area contributed by atoms with E-state index >= 15 is 0 Å². The summed E-state index contributed by atoms with van der Waals surface area (Å²) < 4.78 is 7.90. The average Bonchev–Trinajstić information content (AvgIpc) is 3.22. The second kappa shape index (κ2) is 6.78. The molecule has 6 nitrogen and oxygen atoms in total. The Morgan fingerprint density at radius 2 is 2.19 bits per heavy atom. The first-order chi connectivity index (χ1) is 12.6. The van der Waals surface area contributed by atoms with Gasteiger partial charge >= 0.3 is 0 Å². The number of ether oxygens (including phenoxy) is 1. The molecule has 6 heteroatoms. The van der Waals surface area contributed by atoms with Crippen molar-refractivity contribution in [3.8, 4) is 5.75 Å². The van der Waals surface area contributed by atoms with Gasteiger partial charge < -0.3 is 14.5 Å². The minimum atomic E-state index is -0.0722. The number of pyridine rings is 1. The maximum Gasteiger partial charge on any atom is 0.255 e. The van der Waals surface area contributed by atoms with Crippen molar-refractivity contribution in [1.29, 1.82) is 0 Å². The molecule has 3 aromatic rings. The molecule has 1 N–H and O–H groups in total. The highest BCUT2D eigenvalue weighted by Gasteiger charge is 2.28. The van der Waals surface area contributed by atoms with Gasteiger partial charge in [0.25, 0.3) is 5.91 Å². The summed E-state index contributed by atoms with van der Waals surface area (Å²) in [5.74, 6) is 0.704. The minimum Gasteiger partial charge on any atom is -0.489 e. The molecule has 3 heterocycles. The summed E-state index contributed by atoms with van der Waals surface area (Å²) in [4.78, 5) is 21.3. The van der Waals surface area contributed by atoms with E-state index in [0.717, 1.165) is 36.4 Å². The van der Waals surface area contributed by atoms with E-state index in [1.807, 2.05) is 48.7 Å². The second-order valence-corrected chi connectivity index (χ2v) is 6.87. The van der Waals surface area contributed by atoms with E-state index in [4.69, 9.17) is 4.74 Å².